The van der Waals surface area contributed by atoms with Gasteiger partial charge in [0.25, 0.3) is 0 Å². The van der Waals surface area contributed by atoms with Gasteiger partial charge < -0.3 is 15.4 Å². The van der Waals surface area contributed by atoms with Crippen molar-refractivity contribution < 1.29 is 9.90 Å². The number of aryl methyl sites for hydroxylation is 2. The summed E-state index contributed by atoms with van der Waals surface area (Å²) in [5.41, 5.74) is 3.57. The lowest BCUT2D eigenvalue weighted by Gasteiger charge is -2.31. The first kappa shape index (κ1) is 13.2. The summed E-state index contributed by atoms with van der Waals surface area (Å²) in [5.74, 6) is 0.0731. The lowest BCUT2D eigenvalue weighted by molar-refractivity contribution is -0.123. The third-order valence-corrected chi connectivity index (χ3v) is 4.11. The van der Waals surface area contributed by atoms with Crippen LogP contribution in [-0.2, 0) is 11.2 Å². The molecule has 20 heavy (non-hydrogen) atoms. The molecular formula is C16H20N2O2. The fraction of sp³-hybridized carbons (Fsp3) is 0.438. The predicted octanol–water partition coefficient (Wildman–Crippen LogP) is 2.05. The van der Waals surface area contributed by atoms with Gasteiger partial charge >= 0.3 is 0 Å². The molecule has 1 aromatic carbocycles. The minimum absolute atomic E-state index is 0.0731. The molecule has 0 atom stereocenters. The fourth-order valence-electron chi connectivity index (χ4n) is 2.82. The summed E-state index contributed by atoms with van der Waals surface area (Å²) in [5, 5.41) is 13.4. The van der Waals surface area contributed by atoms with E-state index < -0.39 is 0 Å². The van der Waals surface area contributed by atoms with Crippen molar-refractivity contribution in [1.82, 2.24) is 10.3 Å². The minimum atomic E-state index is -0.225. The largest absolute Gasteiger partial charge is 0.393 e. The maximum absolute atomic E-state index is 11.8. The summed E-state index contributed by atoms with van der Waals surface area (Å²) in [6.07, 6.45) is 4.39. The van der Waals surface area contributed by atoms with E-state index in [2.05, 4.69) is 29.4 Å². The zero-order valence-corrected chi connectivity index (χ0v) is 11.6. The van der Waals surface area contributed by atoms with E-state index in [-0.39, 0.29) is 18.1 Å². The topological polar surface area (TPSA) is 65.1 Å². The normalized spacial score (nSPS) is 21.7. The summed E-state index contributed by atoms with van der Waals surface area (Å²) in [6.45, 7) is 2.08. The van der Waals surface area contributed by atoms with Crippen molar-refractivity contribution in [1.29, 1.82) is 0 Å². The van der Waals surface area contributed by atoms with E-state index in [0.29, 0.717) is 19.3 Å². The number of aromatic nitrogens is 1. The first-order valence-corrected chi connectivity index (χ1v) is 7.16. The summed E-state index contributed by atoms with van der Waals surface area (Å²) in [7, 11) is 0. The number of carbonyl (C=O) groups excluding carboxylic acids is 1. The van der Waals surface area contributed by atoms with Crippen LogP contribution in [0.25, 0.3) is 10.9 Å². The van der Waals surface area contributed by atoms with Crippen LogP contribution in [-0.4, -0.2) is 28.1 Å². The molecule has 2 aromatic rings. The third-order valence-electron chi connectivity index (χ3n) is 4.11. The molecule has 1 amide bonds. The number of hydrogen-bond donors (Lipinski definition) is 3. The van der Waals surface area contributed by atoms with E-state index in [1.54, 1.807) is 0 Å². The van der Waals surface area contributed by atoms with Gasteiger partial charge in [0, 0.05) is 29.6 Å². The number of hydrogen-bond acceptors (Lipinski definition) is 2. The predicted molar refractivity (Wildman–Crippen MR) is 78.5 cm³/mol. The maximum atomic E-state index is 11.8. The number of nitrogens with one attached hydrogen (secondary N) is 2. The maximum Gasteiger partial charge on any atom is 0.220 e. The molecule has 106 valence electrons. The zero-order valence-electron chi connectivity index (χ0n) is 11.6. The second-order valence-electron chi connectivity index (χ2n) is 5.70. The van der Waals surface area contributed by atoms with Gasteiger partial charge in [-0.2, -0.15) is 0 Å². The van der Waals surface area contributed by atoms with Gasteiger partial charge in [0.2, 0.25) is 5.91 Å². The monoisotopic (exact) mass is 272 g/mol. The van der Waals surface area contributed by atoms with Gasteiger partial charge in [-0.15, -0.1) is 0 Å². The molecule has 3 rings (SSSR count). The molecule has 3 N–H and O–H groups in total. The molecule has 0 unspecified atom stereocenters. The number of aromatic amines is 1. The van der Waals surface area contributed by atoms with E-state index in [9.17, 15) is 9.90 Å². The molecule has 1 aliphatic rings. The molecule has 0 radical (unpaired) electrons. The van der Waals surface area contributed by atoms with Crippen LogP contribution in [0.1, 0.15) is 30.4 Å². The van der Waals surface area contributed by atoms with Crippen molar-refractivity contribution in [3.8, 4) is 0 Å². The van der Waals surface area contributed by atoms with Gasteiger partial charge in [0.05, 0.1) is 6.10 Å². The van der Waals surface area contributed by atoms with Crippen molar-refractivity contribution in [3.05, 3.63) is 35.5 Å². The molecule has 1 heterocycles. The molecule has 1 aromatic heterocycles. The van der Waals surface area contributed by atoms with Crippen LogP contribution in [0, 0.1) is 6.92 Å². The Bertz CT molecular complexity index is 626. The second-order valence-corrected chi connectivity index (χ2v) is 5.70. The fourth-order valence-corrected chi connectivity index (χ4v) is 2.82. The molecule has 4 nitrogen and oxygen atoms in total. The quantitative estimate of drug-likeness (QED) is 0.797. The summed E-state index contributed by atoms with van der Waals surface area (Å²) < 4.78 is 0. The van der Waals surface area contributed by atoms with Crippen LogP contribution in [0.15, 0.2) is 24.4 Å². The van der Waals surface area contributed by atoms with E-state index in [1.165, 1.54) is 16.5 Å². The molecule has 0 bridgehead atoms. The van der Waals surface area contributed by atoms with Crippen molar-refractivity contribution in [3.63, 3.8) is 0 Å². The van der Waals surface area contributed by atoms with Crippen LogP contribution in [0.2, 0.25) is 0 Å². The van der Waals surface area contributed by atoms with Gasteiger partial charge in [0.1, 0.15) is 0 Å². The SMILES string of the molecule is Cc1cccc2c(CCC(=O)NC3CC(O)C3)c[nH]c12. The van der Waals surface area contributed by atoms with Crippen molar-refractivity contribution >= 4 is 16.8 Å². The van der Waals surface area contributed by atoms with Crippen LogP contribution in [0.3, 0.4) is 0 Å². The van der Waals surface area contributed by atoms with Crippen LogP contribution in [0.5, 0.6) is 0 Å². The Hall–Kier alpha value is -1.81. The molecule has 1 aliphatic carbocycles. The van der Waals surface area contributed by atoms with Crippen LogP contribution >= 0.6 is 0 Å². The van der Waals surface area contributed by atoms with E-state index in [0.717, 1.165) is 11.9 Å². The van der Waals surface area contributed by atoms with Gasteiger partial charge in [-0.3, -0.25) is 4.79 Å². The smallest absolute Gasteiger partial charge is 0.220 e. The Labute approximate surface area is 118 Å². The van der Waals surface area contributed by atoms with Gasteiger partial charge in [0.15, 0.2) is 0 Å². The van der Waals surface area contributed by atoms with Crippen molar-refractivity contribution in [2.45, 2.75) is 44.8 Å². The van der Waals surface area contributed by atoms with Gasteiger partial charge in [-0.05, 0) is 37.3 Å². The lowest BCUT2D eigenvalue weighted by Crippen LogP contribution is -2.46. The minimum Gasteiger partial charge on any atom is -0.393 e. The number of para-hydroxylation sites is 1. The number of rotatable bonds is 4. The number of aliphatic hydroxyl groups excluding tert-OH is 1. The summed E-state index contributed by atoms with van der Waals surface area (Å²) >= 11 is 0. The Kier molecular flexibility index (Phi) is 3.49. The van der Waals surface area contributed by atoms with Crippen molar-refractivity contribution in [2.75, 3.05) is 0 Å². The number of aliphatic hydroxyl groups is 1. The highest BCUT2D eigenvalue weighted by Crippen LogP contribution is 2.23. The van der Waals surface area contributed by atoms with Gasteiger partial charge in [-0.25, -0.2) is 0 Å². The number of H-pyrrole nitrogens is 1. The highest BCUT2D eigenvalue weighted by atomic mass is 16.3. The van der Waals surface area contributed by atoms with Crippen LogP contribution < -0.4 is 5.32 Å². The average Bonchev–Trinajstić information content (AvgIpc) is 2.79. The van der Waals surface area contributed by atoms with E-state index in [1.807, 2.05) is 12.3 Å². The molecule has 1 saturated carbocycles. The van der Waals surface area contributed by atoms with Gasteiger partial charge in [-0.1, -0.05) is 18.2 Å². The summed E-state index contributed by atoms with van der Waals surface area (Å²) in [6, 6.07) is 6.39. The molecular weight excluding hydrogens is 252 g/mol. The number of benzene rings is 1. The highest BCUT2D eigenvalue weighted by molar-refractivity contribution is 5.86. The first-order chi connectivity index (χ1) is 9.63. The molecule has 4 heteroatoms. The first-order valence-electron chi connectivity index (χ1n) is 7.16. The lowest BCUT2D eigenvalue weighted by atomic mass is 9.89. The molecule has 0 aliphatic heterocycles. The Morgan fingerprint density at radius 1 is 1.45 bits per heavy atom. The number of amides is 1. The Morgan fingerprint density at radius 3 is 3.00 bits per heavy atom. The Balaban J connectivity index is 1.59. The molecule has 1 fully saturated rings. The average molecular weight is 272 g/mol. The number of carbonyl (C=O) groups is 1. The van der Waals surface area contributed by atoms with E-state index in [4.69, 9.17) is 0 Å². The third kappa shape index (κ3) is 2.56. The number of fused-ring (bicyclic) bond motifs is 1. The summed E-state index contributed by atoms with van der Waals surface area (Å²) in [4.78, 5) is 15.1. The standard InChI is InChI=1S/C16H20N2O2/c1-10-3-2-4-14-11(9-17-16(10)14)5-6-15(20)18-12-7-13(19)8-12/h2-4,9,12-13,17,19H,5-8H2,1H3,(H,18,20). The van der Waals surface area contributed by atoms with Crippen LogP contribution in [0.4, 0.5) is 0 Å². The highest BCUT2D eigenvalue weighted by Gasteiger charge is 2.28. The zero-order chi connectivity index (χ0) is 14.1. The Morgan fingerprint density at radius 2 is 2.25 bits per heavy atom. The molecule has 0 spiro atoms. The second kappa shape index (κ2) is 5.29. The van der Waals surface area contributed by atoms with E-state index >= 15 is 0 Å². The molecule has 0 saturated heterocycles. The van der Waals surface area contributed by atoms with Crippen molar-refractivity contribution in [2.24, 2.45) is 0 Å².